The Kier molecular flexibility index (Phi) is 6.58. The lowest BCUT2D eigenvalue weighted by molar-refractivity contribution is 0.0257. The van der Waals surface area contributed by atoms with Crippen LogP contribution in [0.4, 0.5) is 14.0 Å². The minimum Gasteiger partial charge on any atom is -0.444 e. The molecule has 4 rings (SSSR count). The van der Waals surface area contributed by atoms with Gasteiger partial charge >= 0.3 is 12.1 Å². The zero-order valence-electron chi connectivity index (χ0n) is 19.6. The zero-order chi connectivity index (χ0) is 23.6. The minimum absolute atomic E-state index is 0.0510. The first-order chi connectivity index (χ1) is 15.7. The van der Waals surface area contributed by atoms with Crippen molar-refractivity contribution in [2.45, 2.75) is 45.3 Å². The van der Waals surface area contributed by atoms with E-state index >= 15 is 0 Å². The number of benzene rings is 2. The topological polar surface area (TPSA) is 53.1 Å². The number of hydrogen-bond donors (Lipinski definition) is 0. The van der Waals surface area contributed by atoms with Gasteiger partial charge in [0.05, 0.1) is 6.04 Å². The van der Waals surface area contributed by atoms with Crippen LogP contribution >= 0.6 is 0 Å². The molecule has 0 aliphatic carbocycles. The number of carbonyl (C=O) groups excluding carboxylic acids is 2. The molecular formula is C26H32FN3O3. The molecule has 0 bridgehead atoms. The molecule has 3 amide bonds. The predicted molar refractivity (Wildman–Crippen MR) is 124 cm³/mol. The van der Waals surface area contributed by atoms with E-state index in [2.05, 4.69) is 12.1 Å². The number of carbonyl (C=O) groups is 2. The molecule has 0 N–H and O–H groups in total. The number of ether oxygens (including phenoxy) is 1. The first-order valence-electron chi connectivity index (χ1n) is 11.6. The van der Waals surface area contributed by atoms with Crippen LogP contribution in [0.5, 0.6) is 0 Å². The summed E-state index contributed by atoms with van der Waals surface area (Å²) >= 11 is 0. The van der Waals surface area contributed by atoms with E-state index in [1.54, 1.807) is 17.0 Å². The second-order valence-corrected chi connectivity index (χ2v) is 9.69. The van der Waals surface area contributed by atoms with E-state index < -0.39 is 5.60 Å². The summed E-state index contributed by atoms with van der Waals surface area (Å²) in [6.45, 7) is 8.16. The maximum atomic E-state index is 13.7. The van der Waals surface area contributed by atoms with Crippen LogP contribution in [0.3, 0.4) is 0 Å². The quantitative estimate of drug-likeness (QED) is 0.621. The van der Waals surface area contributed by atoms with Crippen molar-refractivity contribution in [1.82, 2.24) is 14.7 Å². The summed E-state index contributed by atoms with van der Waals surface area (Å²) in [6.07, 6.45) is 1.13. The highest BCUT2D eigenvalue weighted by atomic mass is 19.1. The van der Waals surface area contributed by atoms with Crippen LogP contribution in [0, 0.1) is 5.82 Å². The number of rotatable bonds is 1. The van der Waals surface area contributed by atoms with Gasteiger partial charge in [0.25, 0.3) is 0 Å². The molecule has 0 aromatic heterocycles. The lowest BCUT2D eigenvalue weighted by atomic mass is 9.88. The van der Waals surface area contributed by atoms with Crippen molar-refractivity contribution in [2.24, 2.45) is 0 Å². The summed E-state index contributed by atoms with van der Waals surface area (Å²) in [7, 11) is 0. The minimum atomic E-state index is -0.553. The Bertz CT molecular complexity index is 1000. The monoisotopic (exact) mass is 453 g/mol. The van der Waals surface area contributed by atoms with Crippen molar-refractivity contribution in [3.05, 3.63) is 71.0 Å². The number of halogens is 1. The standard InChI is InChI=1S/C26H32FN3O3/c1-26(2,3)33-25(32)29-15-6-14-28(17-18-29)24(31)30-16-13-19-7-4-5-8-22(19)23(30)20-9-11-21(27)12-10-20/h4-5,7-12,23H,6,13-18H2,1-3H3/t23-/m0/s1. The van der Waals surface area contributed by atoms with E-state index in [1.807, 2.05) is 42.7 Å². The fraction of sp³-hybridized carbons (Fsp3) is 0.462. The summed E-state index contributed by atoms with van der Waals surface area (Å²) in [6, 6.07) is 14.2. The van der Waals surface area contributed by atoms with Gasteiger partial charge in [0.2, 0.25) is 0 Å². The summed E-state index contributed by atoms with van der Waals surface area (Å²) in [4.78, 5) is 31.6. The van der Waals surface area contributed by atoms with Crippen molar-refractivity contribution in [3.8, 4) is 0 Å². The van der Waals surface area contributed by atoms with E-state index in [9.17, 15) is 14.0 Å². The molecule has 2 aromatic carbocycles. The van der Waals surface area contributed by atoms with Crippen LogP contribution in [-0.2, 0) is 11.2 Å². The summed E-state index contributed by atoms with van der Waals surface area (Å²) in [5.74, 6) is -0.296. The van der Waals surface area contributed by atoms with Crippen LogP contribution in [0.25, 0.3) is 0 Å². The molecule has 176 valence electrons. The second-order valence-electron chi connectivity index (χ2n) is 9.69. The van der Waals surface area contributed by atoms with Gasteiger partial charge in [-0.05, 0) is 62.4 Å². The van der Waals surface area contributed by atoms with E-state index in [0.717, 1.165) is 17.5 Å². The Balaban J connectivity index is 1.54. The first-order valence-corrected chi connectivity index (χ1v) is 11.6. The molecule has 1 fully saturated rings. The Morgan fingerprint density at radius 3 is 2.30 bits per heavy atom. The van der Waals surface area contributed by atoms with Crippen molar-refractivity contribution < 1.29 is 18.7 Å². The van der Waals surface area contributed by atoms with Gasteiger partial charge in [-0.25, -0.2) is 14.0 Å². The van der Waals surface area contributed by atoms with E-state index in [4.69, 9.17) is 4.74 Å². The average molecular weight is 454 g/mol. The third-order valence-corrected chi connectivity index (χ3v) is 6.13. The van der Waals surface area contributed by atoms with E-state index in [0.29, 0.717) is 39.1 Å². The van der Waals surface area contributed by atoms with Gasteiger partial charge in [-0.3, -0.25) is 0 Å². The normalized spacial score (nSPS) is 19.0. The Labute approximate surface area is 194 Å². The summed E-state index contributed by atoms with van der Waals surface area (Å²) < 4.78 is 19.1. The van der Waals surface area contributed by atoms with Crippen LogP contribution in [-0.4, -0.2) is 65.1 Å². The van der Waals surface area contributed by atoms with E-state index in [1.165, 1.54) is 17.7 Å². The third-order valence-electron chi connectivity index (χ3n) is 6.13. The molecule has 33 heavy (non-hydrogen) atoms. The number of fused-ring (bicyclic) bond motifs is 1. The SMILES string of the molecule is CC(C)(C)OC(=O)N1CCCN(C(=O)N2CCc3ccccc3[C@@H]2c2ccc(F)cc2)CC1. The van der Waals surface area contributed by atoms with Gasteiger partial charge in [0.15, 0.2) is 0 Å². The molecule has 7 heteroatoms. The van der Waals surface area contributed by atoms with Gasteiger partial charge in [-0.15, -0.1) is 0 Å². The third kappa shape index (κ3) is 5.29. The molecule has 1 atom stereocenters. The number of amides is 3. The van der Waals surface area contributed by atoms with Crippen molar-refractivity contribution >= 4 is 12.1 Å². The molecule has 0 radical (unpaired) electrons. The fourth-order valence-electron chi connectivity index (χ4n) is 4.58. The van der Waals surface area contributed by atoms with Crippen LogP contribution in [0.1, 0.15) is 49.9 Å². The molecule has 2 aromatic rings. The van der Waals surface area contributed by atoms with Crippen LogP contribution in [0.15, 0.2) is 48.5 Å². The van der Waals surface area contributed by atoms with Gasteiger partial charge < -0.3 is 19.4 Å². The highest BCUT2D eigenvalue weighted by Gasteiger charge is 2.35. The molecule has 0 saturated carbocycles. The largest absolute Gasteiger partial charge is 0.444 e. The van der Waals surface area contributed by atoms with Gasteiger partial charge in [0.1, 0.15) is 11.4 Å². The smallest absolute Gasteiger partial charge is 0.410 e. The maximum Gasteiger partial charge on any atom is 0.410 e. The lowest BCUT2D eigenvalue weighted by Crippen LogP contribution is -2.49. The number of urea groups is 1. The van der Waals surface area contributed by atoms with E-state index in [-0.39, 0.29) is 24.0 Å². The summed E-state index contributed by atoms with van der Waals surface area (Å²) in [5.41, 5.74) is 2.63. The zero-order valence-corrected chi connectivity index (χ0v) is 19.6. The molecule has 1 saturated heterocycles. The maximum absolute atomic E-state index is 13.7. The summed E-state index contributed by atoms with van der Waals surface area (Å²) in [5, 5.41) is 0. The highest BCUT2D eigenvalue weighted by Crippen LogP contribution is 2.36. The lowest BCUT2D eigenvalue weighted by Gasteiger charge is -2.40. The van der Waals surface area contributed by atoms with Crippen molar-refractivity contribution in [3.63, 3.8) is 0 Å². The molecule has 2 aliphatic rings. The Hall–Kier alpha value is -3.09. The first kappa shape index (κ1) is 23.1. The Morgan fingerprint density at radius 1 is 0.909 bits per heavy atom. The van der Waals surface area contributed by atoms with Gasteiger partial charge in [-0.1, -0.05) is 36.4 Å². The highest BCUT2D eigenvalue weighted by molar-refractivity contribution is 5.76. The van der Waals surface area contributed by atoms with Gasteiger partial charge in [-0.2, -0.15) is 0 Å². The second kappa shape index (κ2) is 9.41. The molecule has 0 unspecified atom stereocenters. The average Bonchev–Trinajstić information content (AvgIpc) is 3.04. The van der Waals surface area contributed by atoms with Crippen molar-refractivity contribution in [2.75, 3.05) is 32.7 Å². The molecule has 2 aliphatic heterocycles. The number of nitrogens with zero attached hydrogens (tertiary/aromatic N) is 3. The molecule has 0 spiro atoms. The predicted octanol–water partition coefficient (Wildman–Crippen LogP) is 4.84. The molecular weight excluding hydrogens is 421 g/mol. The number of hydrogen-bond acceptors (Lipinski definition) is 3. The van der Waals surface area contributed by atoms with Crippen LogP contribution in [0.2, 0.25) is 0 Å². The van der Waals surface area contributed by atoms with Crippen LogP contribution < -0.4 is 0 Å². The van der Waals surface area contributed by atoms with Gasteiger partial charge in [0, 0.05) is 32.7 Å². The fourth-order valence-corrected chi connectivity index (χ4v) is 4.58. The Morgan fingerprint density at radius 2 is 1.58 bits per heavy atom. The van der Waals surface area contributed by atoms with Crippen molar-refractivity contribution in [1.29, 1.82) is 0 Å². The molecule has 6 nitrogen and oxygen atoms in total. The molecule has 2 heterocycles.